The third-order valence-electron chi connectivity index (χ3n) is 6.16. The molecule has 1 N–H and O–H groups in total. The van der Waals surface area contributed by atoms with Crippen LogP contribution in [0.3, 0.4) is 0 Å². The molecule has 3 aromatic carbocycles. The third kappa shape index (κ3) is 5.83. The largest absolute Gasteiger partial charge is 0.407 e. The van der Waals surface area contributed by atoms with Crippen LogP contribution in [0.4, 0.5) is 10.1 Å². The van der Waals surface area contributed by atoms with Crippen molar-refractivity contribution in [3.05, 3.63) is 83.7 Å². The summed E-state index contributed by atoms with van der Waals surface area (Å²) in [4.78, 5) is 24.7. The van der Waals surface area contributed by atoms with Crippen LogP contribution in [-0.4, -0.2) is 21.7 Å². The number of nitrogens with zero attached hydrogens (tertiary/aromatic N) is 2. The van der Waals surface area contributed by atoms with Crippen molar-refractivity contribution in [1.29, 1.82) is 0 Å². The molecule has 0 aliphatic carbocycles. The fourth-order valence-corrected chi connectivity index (χ4v) is 4.27. The number of esters is 1. The summed E-state index contributed by atoms with van der Waals surface area (Å²) in [6, 6.07) is 19.3. The van der Waals surface area contributed by atoms with Gasteiger partial charge in [-0.3, -0.25) is 9.59 Å². The van der Waals surface area contributed by atoms with E-state index in [4.69, 9.17) is 9.84 Å². The number of aromatic nitrogens is 2. The van der Waals surface area contributed by atoms with Gasteiger partial charge < -0.3 is 10.1 Å². The van der Waals surface area contributed by atoms with Crippen LogP contribution in [-0.2, 0) is 9.59 Å². The fourth-order valence-electron chi connectivity index (χ4n) is 4.27. The molecule has 6 nitrogen and oxygen atoms in total. The Morgan fingerprint density at radius 3 is 2.29 bits per heavy atom. The summed E-state index contributed by atoms with van der Waals surface area (Å²) in [5.41, 5.74) is 4.95. The maximum absolute atomic E-state index is 15.1. The Labute approximate surface area is 222 Å². The van der Waals surface area contributed by atoms with Crippen molar-refractivity contribution in [1.82, 2.24) is 9.78 Å². The number of anilines is 1. The first-order valence-electron chi connectivity index (χ1n) is 12.5. The summed E-state index contributed by atoms with van der Waals surface area (Å²) in [5.74, 6) is -0.863. The summed E-state index contributed by atoms with van der Waals surface area (Å²) in [7, 11) is 0. The summed E-state index contributed by atoms with van der Waals surface area (Å²) >= 11 is 0. The number of ether oxygens (including phenoxy) is 1. The van der Waals surface area contributed by atoms with Crippen LogP contribution in [0.1, 0.15) is 45.2 Å². The zero-order valence-electron chi connectivity index (χ0n) is 22.6. The summed E-state index contributed by atoms with van der Waals surface area (Å²) < 4.78 is 22.4. The fraction of sp³-hybridized carbons (Fsp3) is 0.258. The normalized spacial score (nSPS) is 11.3. The van der Waals surface area contributed by atoms with Crippen LogP contribution in [0.2, 0.25) is 0 Å². The third-order valence-corrected chi connectivity index (χ3v) is 6.16. The maximum Gasteiger partial charge on any atom is 0.309 e. The van der Waals surface area contributed by atoms with Crippen LogP contribution in [0, 0.1) is 25.1 Å². The van der Waals surface area contributed by atoms with Crippen molar-refractivity contribution < 1.29 is 18.7 Å². The van der Waals surface area contributed by atoms with E-state index in [9.17, 15) is 9.59 Å². The van der Waals surface area contributed by atoms with E-state index < -0.39 is 11.8 Å². The number of aryl methyl sites for hydroxylation is 1. The zero-order valence-corrected chi connectivity index (χ0v) is 22.6. The smallest absolute Gasteiger partial charge is 0.309 e. The van der Waals surface area contributed by atoms with Gasteiger partial charge in [0.05, 0.1) is 11.3 Å². The Hall–Kier alpha value is -4.26. The number of amides is 1. The number of rotatable bonds is 6. The van der Waals surface area contributed by atoms with Gasteiger partial charge in [-0.05, 0) is 66.3 Å². The zero-order chi connectivity index (χ0) is 27.6. The van der Waals surface area contributed by atoms with Gasteiger partial charge in [0.2, 0.25) is 11.8 Å². The molecule has 0 saturated carbocycles. The SMILES string of the molecule is CC(=O)Oc1c(-c2ccc(NC(=O)CC(C)(C)C)cc2)c(-c2ccccc2F)nn1-c1cccc(C)c1C. The molecule has 1 heterocycles. The molecule has 0 bridgehead atoms. The van der Waals surface area contributed by atoms with Crippen LogP contribution in [0.5, 0.6) is 5.88 Å². The summed E-state index contributed by atoms with van der Waals surface area (Å²) in [6.45, 7) is 11.3. The van der Waals surface area contributed by atoms with E-state index in [1.165, 1.54) is 13.0 Å². The standard InChI is InChI=1S/C31H32FN3O3/c1-19-10-9-13-26(20(19)2)35-30(38-21(3)36)28(29(34-35)24-11-7-8-12-25(24)32)22-14-16-23(17-15-22)33-27(37)18-31(4,5)6/h7-17H,18H2,1-6H3,(H,33,37). The van der Waals surface area contributed by atoms with Crippen molar-refractivity contribution in [2.75, 3.05) is 5.32 Å². The average molecular weight is 514 g/mol. The maximum atomic E-state index is 15.1. The molecule has 7 heteroatoms. The van der Waals surface area contributed by atoms with Crippen molar-refractivity contribution >= 4 is 17.6 Å². The molecule has 0 atom stereocenters. The minimum atomic E-state index is -0.524. The van der Waals surface area contributed by atoms with Crippen LogP contribution >= 0.6 is 0 Å². The lowest BCUT2D eigenvalue weighted by molar-refractivity contribution is -0.132. The Balaban J connectivity index is 1.90. The molecule has 1 amide bonds. The highest BCUT2D eigenvalue weighted by molar-refractivity contribution is 5.92. The molecule has 196 valence electrons. The number of halogens is 1. The van der Waals surface area contributed by atoms with Crippen molar-refractivity contribution in [2.45, 2.75) is 48.0 Å². The molecular weight excluding hydrogens is 481 g/mol. The van der Waals surface area contributed by atoms with Gasteiger partial charge >= 0.3 is 5.97 Å². The summed E-state index contributed by atoms with van der Waals surface area (Å²) in [6.07, 6.45) is 0.380. The van der Waals surface area contributed by atoms with E-state index in [2.05, 4.69) is 5.32 Å². The Bertz CT molecular complexity index is 1500. The quantitative estimate of drug-likeness (QED) is 0.275. The predicted octanol–water partition coefficient (Wildman–Crippen LogP) is 7.26. The number of hydrogen-bond donors (Lipinski definition) is 1. The Kier molecular flexibility index (Phi) is 7.49. The van der Waals surface area contributed by atoms with E-state index in [0.29, 0.717) is 28.9 Å². The predicted molar refractivity (Wildman–Crippen MR) is 148 cm³/mol. The lowest BCUT2D eigenvalue weighted by atomic mass is 9.92. The number of carbonyl (C=O) groups is 2. The molecule has 0 radical (unpaired) electrons. The second-order valence-electron chi connectivity index (χ2n) is 10.6. The molecule has 4 aromatic rings. The minimum absolute atomic E-state index is 0.0827. The first kappa shape index (κ1) is 26.8. The van der Waals surface area contributed by atoms with Gasteiger partial charge in [-0.15, -0.1) is 0 Å². The lowest BCUT2D eigenvalue weighted by Crippen LogP contribution is -2.19. The first-order valence-corrected chi connectivity index (χ1v) is 12.5. The highest BCUT2D eigenvalue weighted by atomic mass is 19.1. The minimum Gasteiger partial charge on any atom is -0.407 e. The highest BCUT2D eigenvalue weighted by Crippen LogP contribution is 2.42. The molecule has 0 unspecified atom stereocenters. The second-order valence-corrected chi connectivity index (χ2v) is 10.6. The van der Waals surface area contributed by atoms with Gasteiger partial charge in [-0.25, -0.2) is 4.39 Å². The molecule has 0 saturated heterocycles. The van der Waals surface area contributed by atoms with E-state index >= 15 is 4.39 Å². The number of benzene rings is 3. The highest BCUT2D eigenvalue weighted by Gasteiger charge is 2.27. The number of hydrogen-bond acceptors (Lipinski definition) is 4. The molecule has 0 spiro atoms. The lowest BCUT2D eigenvalue weighted by Gasteiger charge is -2.17. The summed E-state index contributed by atoms with van der Waals surface area (Å²) in [5, 5.41) is 7.70. The number of nitrogens with one attached hydrogen (secondary N) is 1. The van der Waals surface area contributed by atoms with Gasteiger partial charge in [-0.2, -0.15) is 9.78 Å². The first-order chi connectivity index (χ1) is 17.9. The molecule has 1 aromatic heterocycles. The second kappa shape index (κ2) is 10.6. The van der Waals surface area contributed by atoms with Crippen molar-refractivity contribution in [2.24, 2.45) is 5.41 Å². The average Bonchev–Trinajstić information content (AvgIpc) is 3.18. The molecule has 0 aliphatic heterocycles. The van der Waals surface area contributed by atoms with Gasteiger partial charge in [0.15, 0.2) is 0 Å². The topological polar surface area (TPSA) is 73.2 Å². The molecule has 4 rings (SSSR count). The molecule has 0 fully saturated rings. The van der Waals surface area contributed by atoms with Gasteiger partial charge in [-0.1, -0.05) is 57.2 Å². The van der Waals surface area contributed by atoms with Crippen molar-refractivity contribution in [3.8, 4) is 34.0 Å². The van der Waals surface area contributed by atoms with Crippen LogP contribution in [0.15, 0.2) is 66.7 Å². The van der Waals surface area contributed by atoms with E-state index in [0.717, 1.165) is 16.8 Å². The van der Waals surface area contributed by atoms with Crippen molar-refractivity contribution in [3.63, 3.8) is 0 Å². The molecule has 0 aliphatic rings. The van der Waals surface area contributed by atoms with E-state index in [-0.39, 0.29) is 22.8 Å². The van der Waals surface area contributed by atoms with Gasteiger partial charge in [0, 0.05) is 24.6 Å². The Morgan fingerprint density at radius 2 is 1.66 bits per heavy atom. The molecular formula is C31H32FN3O3. The van der Waals surface area contributed by atoms with Crippen LogP contribution < -0.4 is 10.1 Å². The molecule has 38 heavy (non-hydrogen) atoms. The Morgan fingerprint density at radius 1 is 0.974 bits per heavy atom. The van der Waals surface area contributed by atoms with E-state index in [1.54, 1.807) is 47.1 Å². The van der Waals surface area contributed by atoms with Gasteiger partial charge in [0.25, 0.3) is 0 Å². The van der Waals surface area contributed by atoms with Crippen LogP contribution in [0.25, 0.3) is 28.1 Å². The number of carbonyl (C=O) groups excluding carboxylic acids is 2. The van der Waals surface area contributed by atoms with E-state index in [1.807, 2.05) is 52.8 Å². The monoisotopic (exact) mass is 513 g/mol. The van der Waals surface area contributed by atoms with Gasteiger partial charge in [0.1, 0.15) is 11.5 Å².